The Morgan fingerprint density at radius 1 is 1.29 bits per heavy atom. The Bertz CT molecular complexity index is 491. The van der Waals surface area contributed by atoms with Crippen LogP contribution in [0.25, 0.3) is 0 Å². The largest absolute Gasteiger partial charge is 0.389 e. The number of aromatic nitrogens is 2. The number of hydrogen-bond acceptors (Lipinski definition) is 5. The van der Waals surface area contributed by atoms with E-state index in [4.69, 9.17) is 22.7 Å². The van der Waals surface area contributed by atoms with Crippen LogP contribution in [-0.4, -0.2) is 34.9 Å². The number of nitrogens with zero attached hydrogens (tertiary/aromatic N) is 2. The van der Waals surface area contributed by atoms with Gasteiger partial charge in [0.2, 0.25) is 0 Å². The van der Waals surface area contributed by atoms with Crippen LogP contribution in [0.1, 0.15) is 44.5 Å². The lowest BCUT2D eigenvalue weighted by Crippen LogP contribution is -2.32. The van der Waals surface area contributed by atoms with E-state index < -0.39 is 0 Å². The summed E-state index contributed by atoms with van der Waals surface area (Å²) in [5, 5.41) is 12.0. The van der Waals surface area contributed by atoms with Gasteiger partial charge in [-0.1, -0.05) is 39.9 Å². The lowest BCUT2D eigenvalue weighted by Gasteiger charge is -2.24. The zero-order valence-electron chi connectivity index (χ0n) is 13.6. The molecule has 0 spiro atoms. The maximum Gasteiger partial charge on any atom is 0.159 e. The third kappa shape index (κ3) is 4.35. The van der Waals surface area contributed by atoms with Gasteiger partial charge in [-0.2, -0.15) is 5.10 Å². The molecular formula is C15H26N4OS. The topological polar surface area (TPSA) is 73.1 Å². The molecule has 0 bridgehead atoms. The number of nitrogens with two attached hydrogens (primary N) is 1. The molecule has 1 rings (SSSR count). The molecule has 0 aliphatic rings. The van der Waals surface area contributed by atoms with E-state index >= 15 is 0 Å². The van der Waals surface area contributed by atoms with E-state index in [1.54, 1.807) is 7.11 Å². The molecule has 0 aromatic carbocycles. The number of thiocarbonyl (C=S) groups is 1. The first-order chi connectivity index (χ1) is 9.96. The number of ether oxygens (including phenoxy) is 1. The summed E-state index contributed by atoms with van der Waals surface area (Å²) in [5.74, 6) is 1.05. The maximum absolute atomic E-state index is 5.93. The molecule has 21 heavy (non-hydrogen) atoms. The van der Waals surface area contributed by atoms with E-state index in [1.807, 2.05) is 0 Å². The first-order valence-electron chi connectivity index (χ1n) is 7.39. The summed E-state index contributed by atoms with van der Waals surface area (Å²) in [4.78, 5) is 0.360. The second kappa shape index (κ2) is 8.24. The van der Waals surface area contributed by atoms with Crippen LogP contribution in [-0.2, 0) is 17.6 Å². The van der Waals surface area contributed by atoms with E-state index in [0.717, 1.165) is 29.7 Å². The van der Waals surface area contributed by atoms with Gasteiger partial charge in [-0.3, -0.25) is 0 Å². The van der Waals surface area contributed by atoms with Crippen LogP contribution < -0.4 is 11.1 Å². The molecule has 0 fully saturated rings. The number of methoxy groups -OCH3 is 1. The highest BCUT2D eigenvalue weighted by Crippen LogP contribution is 2.22. The lowest BCUT2D eigenvalue weighted by molar-refractivity contribution is 0.171. The molecule has 0 saturated carbocycles. The number of rotatable bonds is 8. The second-order valence-corrected chi connectivity index (χ2v) is 5.81. The quantitative estimate of drug-likeness (QED) is 0.718. The highest BCUT2D eigenvalue weighted by Gasteiger charge is 2.20. The molecule has 0 aliphatic carbocycles. The summed E-state index contributed by atoms with van der Waals surface area (Å²) in [6.07, 6.45) is 1.65. The summed E-state index contributed by atoms with van der Waals surface area (Å²) in [7, 11) is 1.69. The minimum Gasteiger partial charge on any atom is -0.389 e. The fraction of sp³-hybridized carbons (Fsp3) is 0.667. The molecule has 0 saturated heterocycles. The normalized spacial score (nSPS) is 12.5. The number of hydrogen-bond donors (Lipinski definition) is 2. The molecule has 0 aliphatic heterocycles. The molecule has 118 valence electrons. The van der Waals surface area contributed by atoms with E-state index in [0.29, 0.717) is 23.3 Å². The van der Waals surface area contributed by atoms with E-state index in [2.05, 4.69) is 43.2 Å². The summed E-state index contributed by atoms with van der Waals surface area (Å²) in [6, 6.07) is 0.134. The van der Waals surface area contributed by atoms with Crippen molar-refractivity contribution >= 4 is 23.0 Å². The van der Waals surface area contributed by atoms with Crippen molar-refractivity contribution in [1.82, 2.24) is 10.2 Å². The minimum absolute atomic E-state index is 0.134. The van der Waals surface area contributed by atoms with Crippen LogP contribution >= 0.6 is 12.2 Å². The van der Waals surface area contributed by atoms with Crippen molar-refractivity contribution in [1.29, 1.82) is 0 Å². The Labute approximate surface area is 132 Å². The molecule has 1 heterocycles. The summed E-state index contributed by atoms with van der Waals surface area (Å²) in [6.45, 7) is 8.99. The Balaban J connectivity index is 3.25. The SMILES string of the molecule is CCc1nnc(NC(COC)C(C)C)c(C(N)=S)c1CC. The number of aryl methyl sites for hydroxylation is 1. The van der Waals surface area contributed by atoms with Gasteiger partial charge in [-0.05, 0) is 24.3 Å². The molecule has 5 nitrogen and oxygen atoms in total. The standard InChI is InChI=1S/C15H26N4OS/c1-6-10-11(7-2)18-19-15(13(10)14(16)21)17-12(8-20-5)9(3)4/h9,12H,6-8H2,1-5H3,(H2,16,21)(H,17,19). The molecule has 1 atom stereocenters. The van der Waals surface area contributed by atoms with Gasteiger partial charge >= 0.3 is 0 Å². The van der Waals surface area contributed by atoms with E-state index in [9.17, 15) is 0 Å². The number of anilines is 1. The molecule has 6 heteroatoms. The van der Waals surface area contributed by atoms with Gasteiger partial charge in [-0.25, -0.2) is 0 Å². The van der Waals surface area contributed by atoms with Crippen LogP contribution in [0, 0.1) is 5.92 Å². The zero-order chi connectivity index (χ0) is 16.0. The Morgan fingerprint density at radius 2 is 1.95 bits per heavy atom. The highest BCUT2D eigenvalue weighted by atomic mass is 32.1. The maximum atomic E-state index is 5.93. The summed E-state index contributed by atoms with van der Waals surface area (Å²) in [5.41, 5.74) is 8.80. The first-order valence-corrected chi connectivity index (χ1v) is 7.80. The monoisotopic (exact) mass is 310 g/mol. The van der Waals surface area contributed by atoms with Gasteiger partial charge < -0.3 is 15.8 Å². The van der Waals surface area contributed by atoms with Gasteiger partial charge in [-0.15, -0.1) is 5.10 Å². The average Bonchev–Trinajstić information content (AvgIpc) is 2.45. The van der Waals surface area contributed by atoms with Gasteiger partial charge in [0.1, 0.15) is 4.99 Å². The molecule has 1 unspecified atom stereocenters. The molecule has 3 N–H and O–H groups in total. The third-order valence-electron chi connectivity index (χ3n) is 3.57. The second-order valence-electron chi connectivity index (χ2n) is 5.37. The molecule has 0 radical (unpaired) electrons. The predicted octanol–water partition coefficient (Wildman–Crippen LogP) is 2.32. The number of nitrogens with one attached hydrogen (secondary N) is 1. The van der Waals surface area contributed by atoms with Crippen molar-refractivity contribution < 1.29 is 4.74 Å². The van der Waals surface area contributed by atoms with Crippen LogP contribution in [0.4, 0.5) is 5.82 Å². The molecule has 1 aromatic rings. The molecule has 1 aromatic heterocycles. The van der Waals surface area contributed by atoms with E-state index in [-0.39, 0.29) is 6.04 Å². The lowest BCUT2D eigenvalue weighted by atomic mass is 10.0. The molecule has 0 amide bonds. The van der Waals surface area contributed by atoms with Crippen LogP contribution in [0.2, 0.25) is 0 Å². The smallest absolute Gasteiger partial charge is 0.159 e. The van der Waals surface area contributed by atoms with Crippen molar-refractivity contribution in [3.63, 3.8) is 0 Å². The van der Waals surface area contributed by atoms with Gasteiger partial charge in [0.15, 0.2) is 5.82 Å². The van der Waals surface area contributed by atoms with Crippen LogP contribution in [0.5, 0.6) is 0 Å². The zero-order valence-corrected chi connectivity index (χ0v) is 14.4. The van der Waals surface area contributed by atoms with Crippen molar-refractivity contribution in [2.24, 2.45) is 11.7 Å². The molecular weight excluding hydrogens is 284 g/mol. The average molecular weight is 310 g/mol. The first kappa shape index (κ1) is 17.8. The highest BCUT2D eigenvalue weighted by molar-refractivity contribution is 7.80. The van der Waals surface area contributed by atoms with Crippen molar-refractivity contribution in [3.8, 4) is 0 Å². The summed E-state index contributed by atoms with van der Waals surface area (Å²) >= 11 is 5.23. The Hall–Kier alpha value is -1.27. The fourth-order valence-corrected chi connectivity index (χ4v) is 2.52. The Kier molecular flexibility index (Phi) is 6.98. The summed E-state index contributed by atoms with van der Waals surface area (Å²) < 4.78 is 5.26. The fourth-order valence-electron chi connectivity index (χ4n) is 2.30. The van der Waals surface area contributed by atoms with Gasteiger partial charge in [0, 0.05) is 7.11 Å². The van der Waals surface area contributed by atoms with Crippen molar-refractivity contribution in [2.45, 2.75) is 46.6 Å². The van der Waals surface area contributed by atoms with Gasteiger partial charge in [0.25, 0.3) is 0 Å². The van der Waals surface area contributed by atoms with Gasteiger partial charge in [0.05, 0.1) is 23.9 Å². The predicted molar refractivity (Wildman–Crippen MR) is 90.8 cm³/mol. The Morgan fingerprint density at radius 3 is 2.38 bits per heavy atom. The van der Waals surface area contributed by atoms with E-state index in [1.165, 1.54) is 0 Å². The third-order valence-corrected chi connectivity index (χ3v) is 3.77. The van der Waals surface area contributed by atoms with Crippen LogP contribution in [0.3, 0.4) is 0 Å². The van der Waals surface area contributed by atoms with Crippen LogP contribution in [0.15, 0.2) is 0 Å². The minimum atomic E-state index is 0.134. The van der Waals surface area contributed by atoms with Crippen molar-refractivity contribution in [2.75, 3.05) is 19.0 Å². The van der Waals surface area contributed by atoms with Crippen molar-refractivity contribution in [3.05, 3.63) is 16.8 Å².